The maximum absolute atomic E-state index is 12.9. The number of nitrogens with one attached hydrogen (secondary N) is 1. The second-order valence-corrected chi connectivity index (χ2v) is 11.2. The number of hydrogen-bond donors (Lipinski definition) is 3. The number of benzene rings is 1. The van der Waals surface area contributed by atoms with E-state index in [2.05, 4.69) is 10.3 Å². The van der Waals surface area contributed by atoms with Crippen molar-refractivity contribution in [1.29, 1.82) is 0 Å². The summed E-state index contributed by atoms with van der Waals surface area (Å²) in [6.07, 6.45) is 0.714. The molecule has 3 N–H and O–H groups in total. The van der Waals surface area contributed by atoms with Crippen molar-refractivity contribution < 1.29 is 32.9 Å². The van der Waals surface area contributed by atoms with Gasteiger partial charge in [-0.1, -0.05) is 18.2 Å². The van der Waals surface area contributed by atoms with Gasteiger partial charge >= 0.3 is 6.18 Å². The number of halogens is 3. The van der Waals surface area contributed by atoms with Gasteiger partial charge in [-0.15, -0.1) is 11.3 Å². The van der Waals surface area contributed by atoms with Gasteiger partial charge in [0.15, 0.2) is 0 Å². The summed E-state index contributed by atoms with van der Waals surface area (Å²) >= 11 is 1.43. The average Bonchev–Trinajstić information content (AvgIpc) is 3.52. The third-order valence-corrected chi connectivity index (χ3v) is 8.55. The largest absolute Gasteiger partial charge is 0.416 e. The fourth-order valence-electron chi connectivity index (χ4n) is 5.24. The molecule has 1 saturated heterocycles. The first kappa shape index (κ1) is 28.0. The van der Waals surface area contributed by atoms with E-state index in [0.717, 1.165) is 17.0 Å². The smallest absolute Gasteiger partial charge is 0.383 e. The number of rotatable bonds is 9. The highest BCUT2D eigenvalue weighted by Gasteiger charge is 2.47. The van der Waals surface area contributed by atoms with Gasteiger partial charge in [-0.2, -0.15) is 13.2 Å². The summed E-state index contributed by atoms with van der Waals surface area (Å²) in [7, 11) is 1.61. The van der Waals surface area contributed by atoms with E-state index in [9.17, 15) is 28.2 Å². The van der Waals surface area contributed by atoms with Gasteiger partial charge in [0.2, 0.25) is 5.91 Å². The Morgan fingerprint density at radius 1 is 1.27 bits per heavy atom. The Balaban J connectivity index is 1.22. The van der Waals surface area contributed by atoms with Gasteiger partial charge in [0.25, 0.3) is 0 Å². The SMILES string of the molecule is COCc1cnc(C2(O)CCC(O)(N3CC[C@@H](NC(=O)CCCc4cccc(C(F)(F)F)c4)C3)CC2)s1. The lowest BCUT2D eigenvalue weighted by Gasteiger charge is -2.45. The number of aryl methyl sites for hydroxylation is 1. The fourth-order valence-corrected chi connectivity index (χ4v) is 6.27. The summed E-state index contributed by atoms with van der Waals surface area (Å²) < 4.78 is 43.8. The van der Waals surface area contributed by atoms with E-state index in [4.69, 9.17) is 4.74 Å². The quantitative estimate of drug-likeness (QED) is 0.445. The van der Waals surface area contributed by atoms with Gasteiger partial charge in [0, 0.05) is 38.9 Å². The monoisotopic (exact) mass is 541 g/mol. The summed E-state index contributed by atoms with van der Waals surface area (Å²) in [6.45, 7) is 1.60. The third-order valence-electron chi connectivity index (χ3n) is 7.38. The molecule has 2 fully saturated rings. The second-order valence-electron chi connectivity index (χ2n) is 10.1. The summed E-state index contributed by atoms with van der Waals surface area (Å²) in [5.41, 5.74) is -2.22. The number of methoxy groups -OCH3 is 1. The van der Waals surface area contributed by atoms with Gasteiger partial charge < -0.3 is 20.3 Å². The number of carbonyl (C=O) groups is 1. The van der Waals surface area contributed by atoms with Crippen molar-refractivity contribution >= 4 is 17.2 Å². The van der Waals surface area contributed by atoms with Crippen LogP contribution >= 0.6 is 11.3 Å². The van der Waals surface area contributed by atoms with Gasteiger partial charge in [0.1, 0.15) is 16.3 Å². The van der Waals surface area contributed by atoms with E-state index in [1.54, 1.807) is 19.4 Å². The normalized spacial score (nSPS) is 26.9. The van der Waals surface area contributed by atoms with Crippen molar-refractivity contribution in [3.63, 3.8) is 0 Å². The van der Waals surface area contributed by atoms with Crippen LogP contribution in [-0.2, 0) is 34.3 Å². The molecular formula is C26H34F3N3O4S. The summed E-state index contributed by atoms with van der Waals surface area (Å²) in [4.78, 5) is 19.8. The Bertz CT molecular complexity index is 1070. The molecule has 1 aromatic carbocycles. The predicted octanol–water partition coefficient (Wildman–Crippen LogP) is 3.97. The number of ether oxygens (including phenoxy) is 1. The molecule has 0 unspecified atom stereocenters. The highest BCUT2D eigenvalue weighted by atomic mass is 32.1. The summed E-state index contributed by atoms with van der Waals surface area (Å²) in [5, 5.41) is 26.1. The molecule has 4 rings (SSSR count). The zero-order chi connectivity index (χ0) is 26.7. The Labute approximate surface area is 218 Å². The molecule has 1 aliphatic heterocycles. The lowest BCUT2D eigenvalue weighted by Crippen LogP contribution is -2.53. The highest BCUT2D eigenvalue weighted by Crippen LogP contribution is 2.44. The highest BCUT2D eigenvalue weighted by molar-refractivity contribution is 7.11. The number of thiazole rings is 1. The van der Waals surface area contributed by atoms with Gasteiger partial charge in [0.05, 0.1) is 17.0 Å². The van der Waals surface area contributed by atoms with Gasteiger partial charge in [-0.3, -0.25) is 9.69 Å². The number of likely N-dealkylation sites (tertiary alicyclic amines) is 1. The molecule has 1 saturated carbocycles. The van der Waals surface area contributed by atoms with Crippen molar-refractivity contribution in [3.8, 4) is 0 Å². The predicted molar refractivity (Wildman–Crippen MR) is 133 cm³/mol. The lowest BCUT2D eigenvalue weighted by atomic mass is 9.79. The molecule has 2 aliphatic rings. The molecule has 204 valence electrons. The van der Waals surface area contributed by atoms with Crippen LogP contribution in [0, 0.1) is 0 Å². The van der Waals surface area contributed by atoms with E-state index in [-0.39, 0.29) is 18.4 Å². The minimum Gasteiger partial charge on any atom is -0.383 e. The van der Waals surface area contributed by atoms with Crippen LogP contribution in [-0.4, -0.2) is 58.0 Å². The Kier molecular flexibility index (Phi) is 8.59. The summed E-state index contributed by atoms with van der Waals surface area (Å²) in [5.74, 6) is -0.139. The second kappa shape index (κ2) is 11.4. The Hall–Kier alpha value is -2.05. The fraction of sp³-hybridized carbons (Fsp3) is 0.615. The number of hydrogen-bond acceptors (Lipinski definition) is 7. The van der Waals surface area contributed by atoms with Crippen molar-refractivity contribution in [2.24, 2.45) is 0 Å². The molecule has 7 nitrogen and oxygen atoms in total. The number of nitrogens with zero attached hydrogens (tertiary/aromatic N) is 2. The summed E-state index contributed by atoms with van der Waals surface area (Å²) in [6, 6.07) is 5.10. The maximum Gasteiger partial charge on any atom is 0.416 e. The zero-order valence-electron chi connectivity index (χ0n) is 20.9. The molecule has 0 spiro atoms. The molecule has 1 atom stereocenters. The lowest BCUT2D eigenvalue weighted by molar-refractivity contribution is -0.161. The molecule has 0 radical (unpaired) electrons. The topological polar surface area (TPSA) is 94.9 Å². The number of aliphatic hydroxyl groups is 2. The third kappa shape index (κ3) is 6.88. The first-order valence-electron chi connectivity index (χ1n) is 12.6. The van der Waals surface area contributed by atoms with Gasteiger partial charge in [-0.25, -0.2) is 4.98 Å². The van der Waals surface area contributed by atoms with E-state index < -0.39 is 23.1 Å². The van der Waals surface area contributed by atoms with Crippen LogP contribution in [0.2, 0.25) is 0 Å². The van der Waals surface area contributed by atoms with Crippen LogP contribution in [0.4, 0.5) is 13.2 Å². The van der Waals surface area contributed by atoms with Crippen LogP contribution in [0.3, 0.4) is 0 Å². The van der Waals surface area contributed by atoms with E-state index in [1.807, 2.05) is 4.90 Å². The molecule has 1 aromatic heterocycles. The Morgan fingerprint density at radius 3 is 2.73 bits per heavy atom. The first-order valence-corrected chi connectivity index (χ1v) is 13.4. The van der Waals surface area contributed by atoms with Crippen LogP contribution < -0.4 is 5.32 Å². The van der Waals surface area contributed by atoms with Crippen molar-refractivity contribution in [2.45, 2.75) is 81.5 Å². The minimum absolute atomic E-state index is 0.0959. The van der Waals surface area contributed by atoms with Crippen molar-refractivity contribution in [1.82, 2.24) is 15.2 Å². The zero-order valence-corrected chi connectivity index (χ0v) is 21.7. The van der Waals surface area contributed by atoms with Crippen molar-refractivity contribution in [3.05, 3.63) is 51.5 Å². The number of carbonyl (C=O) groups excluding carboxylic acids is 1. The molecule has 11 heteroatoms. The van der Waals surface area contributed by atoms with Gasteiger partial charge in [-0.05, 0) is 56.6 Å². The average molecular weight is 542 g/mol. The molecule has 2 aromatic rings. The minimum atomic E-state index is -4.38. The molecule has 2 heterocycles. The molecule has 1 aliphatic carbocycles. The maximum atomic E-state index is 12.9. The molecule has 0 bridgehead atoms. The standard InChI is InChI=1S/C26H34F3N3O4S/c1-36-17-21-15-30-23(37-21)24(34)9-11-25(35,12-10-24)32-13-8-20(16-32)31-22(33)7-3-5-18-4-2-6-19(14-18)26(27,28)29/h2,4,6,14-15,20,34-35H,3,5,7-13,16-17H2,1H3,(H,31,33)/t20-,24?,25?/m1/s1. The number of amides is 1. The molecular weight excluding hydrogens is 507 g/mol. The first-order chi connectivity index (χ1) is 17.5. The van der Waals surface area contributed by atoms with E-state index in [0.29, 0.717) is 75.2 Å². The number of alkyl halides is 3. The van der Waals surface area contributed by atoms with E-state index >= 15 is 0 Å². The van der Waals surface area contributed by atoms with E-state index in [1.165, 1.54) is 17.4 Å². The van der Waals surface area contributed by atoms with Crippen LogP contribution in [0.5, 0.6) is 0 Å². The van der Waals surface area contributed by atoms with Crippen LogP contribution in [0.1, 0.15) is 66.0 Å². The van der Waals surface area contributed by atoms with Crippen LogP contribution in [0.25, 0.3) is 0 Å². The molecule has 1 amide bonds. The number of aromatic nitrogens is 1. The molecule has 37 heavy (non-hydrogen) atoms. The Morgan fingerprint density at radius 2 is 2.03 bits per heavy atom. The van der Waals surface area contributed by atoms with Crippen molar-refractivity contribution in [2.75, 3.05) is 20.2 Å². The van der Waals surface area contributed by atoms with Crippen LogP contribution in [0.15, 0.2) is 30.5 Å².